The number of nitrogens with one attached hydrogen (secondary N) is 1. The van der Waals surface area contributed by atoms with Crippen LogP contribution in [0.3, 0.4) is 0 Å². The summed E-state index contributed by atoms with van der Waals surface area (Å²) >= 11 is 0. The van der Waals surface area contributed by atoms with Crippen LogP contribution in [-0.2, 0) is 9.53 Å². The van der Waals surface area contributed by atoms with E-state index in [-0.39, 0.29) is 12.3 Å². The van der Waals surface area contributed by atoms with E-state index in [1.807, 2.05) is 0 Å². The van der Waals surface area contributed by atoms with Crippen molar-refractivity contribution in [3.8, 4) is 5.75 Å². The first kappa shape index (κ1) is 13.8. The molecule has 1 atom stereocenters. The maximum atomic E-state index is 11.6. The largest absolute Gasteiger partial charge is 0.508 e. The monoisotopic (exact) mass is 250 g/mol. The Balaban J connectivity index is 2.74. The number of rotatable bonds is 6. The zero-order valence-corrected chi connectivity index (χ0v) is 9.91. The highest BCUT2D eigenvalue weighted by Crippen LogP contribution is 2.17. The molecule has 0 aliphatic rings. The summed E-state index contributed by atoms with van der Waals surface area (Å²) in [5.41, 5.74) is 8.81. The topological polar surface area (TPSA) is 107 Å². The van der Waals surface area contributed by atoms with Crippen LogP contribution < -0.4 is 5.32 Å². The minimum absolute atomic E-state index is 0.122. The Bertz CT molecular complexity index is 440. The lowest BCUT2D eigenvalue weighted by Gasteiger charge is -2.16. The molecule has 0 bridgehead atoms. The van der Waals surface area contributed by atoms with Crippen LogP contribution in [0.25, 0.3) is 10.4 Å². The summed E-state index contributed by atoms with van der Waals surface area (Å²) in [6, 6.07) is 5.57. The summed E-state index contributed by atoms with van der Waals surface area (Å²) in [7, 11) is 1.30. The van der Waals surface area contributed by atoms with Gasteiger partial charge in [-0.05, 0) is 23.2 Å². The van der Waals surface area contributed by atoms with Crippen LogP contribution in [0.15, 0.2) is 29.4 Å². The number of esters is 1. The number of methoxy groups -OCH3 is 1. The molecule has 1 aromatic rings. The molecule has 0 heterocycles. The molecule has 0 spiro atoms. The first-order valence-electron chi connectivity index (χ1n) is 5.30. The molecule has 18 heavy (non-hydrogen) atoms. The second-order valence-corrected chi connectivity index (χ2v) is 3.46. The van der Waals surface area contributed by atoms with Gasteiger partial charge in [-0.1, -0.05) is 17.2 Å². The second-order valence-electron chi connectivity index (χ2n) is 3.46. The van der Waals surface area contributed by atoms with Gasteiger partial charge >= 0.3 is 5.97 Å². The highest BCUT2D eigenvalue weighted by molar-refractivity contribution is 5.77. The maximum absolute atomic E-state index is 11.6. The van der Waals surface area contributed by atoms with Crippen molar-refractivity contribution in [1.29, 1.82) is 0 Å². The predicted octanol–water partition coefficient (Wildman–Crippen LogP) is 1.51. The van der Waals surface area contributed by atoms with Gasteiger partial charge in [0.05, 0.1) is 7.11 Å². The number of ether oxygens (including phenoxy) is 1. The molecule has 0 saturated heterocycles. The molecule has 1 rings (SSSR count). The summed E-state index contributed by atoms with van der Waals surface area (Å²) < 4.78 is 4.69. The number of phenols is 1. The Morgan fingerprint density at radius 2 is 2.22 bits per heavy atom. The van der Waals surface area contributed by atoms with E-state index in [4.69, 9.17) is 5.53 Å². The highest BCUT2D eigenvalue weighted by atomic mass is 16.5. The average Bonchev–Trinajstić information content (AvgIpc) is 2.39. The third-order valence-corrected chi connectivity index (χ3v) is 2.29. The first-order valence-corrected chi connectivity index (χ1v) is 5.30. The van der Waals surface area contributed by atoms with E-state index in [9.17, 15) is 9.90 Å². The van der Waals surface area contributed by atoms with Crippen molar-refractivity contribution in [2.75, 3.05) is 20.2 Å². The van der Waals surface area contributed by atoms with Crippen LogP contribution in [-0.4, -0.2) is 31.3 Å². The number of nitrogens with zero attached hydrogens (tertiary/aromatic N) is 3. The van der Waals surface area contributed by atoms with Crippen LogP contribution in [0.4, 0.5) is 0 Å². The standard InChI is InChI=1S/C11H14N4O3/c1-18-11(17)10(13-6-7-14-15-12)8-2-4-9(16)5-3-8/h2-5,10,13,16H,6-7H2,1H3. The van der Waals surface area contributed by atoms with E-state index < -0.39 is 12.0 Å². The van der Waals surface area contributed by atoms with E-state index in [1.165, 1.54) is 19.2 Å². The molecule has 2 N–H and O–H groups in total. The SMILES string of the molecule is COC(=O)C(NCCN=[N+]=[N-])c1ccc(O)cc1. The normalized spacial score (nSPS) is 11.4. The van der Waals surface area contributed by atoms with Gasteiger partial charge in [-0.25, -0.2) is 4.79 Å². The summed E-state index contributed by atoms with van der Waals surface area (Å²) in [5.74, 6) is -0.321. The minimum atomic E-state index is -0.649. The van der Waals surface area contributed by atoms with Crippen molar-refractivity contribution < 1.29 is 14.6 Å². The van der Waals surface area contributed by atoms with Gasteiger partial charge in [0.1, 0.15) is 11.8 Å². The van der Waals surface area contributed by atoms with Crippen LogP contribution in [0.5, 0.6) is 5.75 Å². The molecular formula is C11H14N4O3. The fourth-order valence-corrected chi connectivity index (χ4v) is 1.43. The molecule has 0 aromatic heterocycles. The van der Waals surface area contributed by atoms with E-state index in [1.54, 1.807) is 12.1 Å². The molecule has 0 aliphatic carbocycles. The van der Waals surface area contributed by atoms with Gasteiger partial charge in [0.15, 0.2) is 0 Å². The van der Waals surface area contributed by atoms with E-state index in [0.29, 0.717) is 12.1 Å². The lowest BCUT2D eigenvalue weighted by molar-refractivity contribution is -0.143. The summed E-state index contributed by atoms with van der Waals surface area (Å²) in [5, 5.41) is 15.5. The van der Waals surface area contributed by atoms with Gasteiger partial charge < -0.3 is 15.2 Å². The van der Waals surface area contributed by atoms with E-state index >= 15 is 0 Å². The van der Waals surface area contributed by atoms with Gasteiger partial charge in [-0.2, -0.15) is 0 Å². The third-order valence-electron chi connectivity index (χ3n) is 2.29. The lowest BCUT2D eigenvalue weighted by atomic mass is 10.1. The number of carbonyl (C=O) groups excluding carboxylic acids is 1. The van der Waals surface area contributed by atoms with Crippen LogP contribution in [0.2, 0.25) is 0 Å². The molecule has 96 valence electrons. The van der Waals surface area contributed by atoms with E-state index in [2.05, 4.69) is 20.1 Å². The van der Waals surface area contributed by atoms with Crippen molar-refractivity contribution in [2.45, 2.75) is 6.04 Å². The number of benzene rings is 1. The number of hydrogen-bond acceptors (Lipinski definition) is 5. The Kier molecular flexibility index (Phi) is 5.50. The van der Waals surface area contributed by atoms with E-state index in [0.717, 1.165) is 0 Å². The summed E-state index contributed by atoms with van der Waals surface area (Å²) in [4.78, 5) is 14.2. The first-order chi connectivity index (χ1) is 8.69. The third kappa shape index (κ3) is 3.97. The highest BCUT2D eigenvalue weighted by Gasteiger charge is 2.20. The fourth-order valence-electron chi connectivity index (χ4n) is 1.43. The Morgan fingerprint density at radius 1 is 1.56 bits per heavy atom. The number of carbonyl (C=O) groups is 1. The average molecular weight is 250 g/mol. The fraction of sp³-hybridized carbons (Fsp3) is 0.364. The van der Waals surface area contributed by atoms with Gasteiger partial charge in [0, 0.05) is 18.0 Å². The van der Waals surface area contributed by atoms with Gasteiger partial charge in [-0.3, -0.25) is 0 Å². The molecule has 0 fully saturated rings. The lowest BCUT2D eigenvalue weighted by Crippen LogP contribution is -2.31. The molecule has 0 amide bonds. The zero-order chi connectivity index (χ0) is 13.4. The quantitative estimate of drug-likeness (QED) is 0.262. The van der Waals surface area contributed by atoms with Crippen molar-refractivity contribution in [3.05, 3.63) is 40.3 Å². The number of azide groups is 1. The molecule has 0 radical (unpaired) electrons. The number of phenolic OH excluding ortho intramolecular Hbond substituents is 1. The molecule has 7 nitrogen and oxygen atoms in total. The Hall–Kier alpha value is -2.24. The summed E-state index contributed by atoms with van der Waals surface area (Å²) in [6.45, 7) is 0.590. The number of hydrogen-bond donors (Lipinski definition) is 2. The van der Waals surface area contributed by atoms with Crippen molar-refractivity contribution >= 4 is 5.97 Å². The maximum Gasteiger partial charge on any atom is 0.327 e. The second kappa shape index (κ2) is 7.16. The molecular weight excluding hydrogens is 236 g/mol. The van der Waals surface area contributed by atoms with Gasteiger partial charge in [0.2, 0.25) is 0 Å². The van der Waals surface area contributed by atoms with Crippen molar-refractivity contribution in [2.24, 2.45) is 5.11 Å². The minimum Gasteiger partial charge on any atom is -0.508 e. The predicted molar refractivity (Wildman–Crippen MR) is 64.9 cm³/mol. The Morgan fingerprint density at radius 3 is 2.78 bits per heavy atom. The Labute approximate surface area is 104 Å². The molecule has 1 aromatic carbocycles. The van der Waals surface area contributed by atoms with Crippen LogP contribution >= 0.6 is 0 Å². The molecule has 1 unspecified atom stereocenters. The molecule has 7 heteroatoms. The van der Waals surface area contributed by atoms with Crippen LogP contribution in [0, 0.1) is 0 Å². The van der Waals surface area contributed by atoms with Crippen molar-refractivity contribution in [3.63, 3.8) is 0 Å². The molecule has 0 aliphatic heterocycles. The molecule has 0 saturated carbocycles. The van der Waals surface area contributed by atoms with Crippen LogP contribution in [0.1, 0.15) is 11.6 Å². The summed E-state index contributed by atoms with van der Waals surface area (Å²) in [6.07, 6.45) is 0. The van der Waals surface area contributed by atoms with Gasteiger partial charge in [0.25, 0.3) is 0 Å². The van der Waals surface area contributed by atoms with Gasteiger partial charge in [-0.15, -0.1) is 0 Å². The zero-order valence-electron chi connectivity index (χ0n) is 9.91. The smallest absolute Gasteiger partial charge is 0.327 e. The number of aromatic hydroxyl groups is 1. The van der Waals surface area contributed by atoms with Crippen molar-refractivity contribution in [1.82, 2.24) is 5.32 Å².